The molecule has 1 aromatic heterocycles. The van der Waals surface area contributed by atoms with Crippen LogP contribution in [0.5, 0.6) is 0 Å². The van der Waals surface area contributed by atoms with Crippen molar-refractivity contribution < 1.29 is 4.79 Å². The molecule has 0 unspecified atom stereocenters. The molecule has 6 heteroatoms. The molecule has 0 bridgehead atoms. The normalized spacial score (nSPS) is 27.7. The third-order valence-corrected chi connectivity index (χ3v) is 5.81. The van der Waals surface area contributed by atoms with E-state index in [0.717, 1.165) is 69.9 Å². The molecule has 2 atom stereocenters. The van der Waals surface area contributed by atoms with Crippen molar-refractivity contribution in [1.29, 1.82) is 0 Å². The van der Waals surface area contributed by atoms with Gasteiger partial charge in [0.15, 0.2) is 0 Å². The van der Waals surface area contributed by atoms with Gasteiger partial charge < -0.3 is 15.1 Å². The molecule has 4 rings (SSSR count). The maximum atomic E-state index is 12.9. The molecule has 3 fully saturated rings. The molecule has 1 amide bonds. The van der Waals surface area contributed by atoms with Crippen LogP contribution in [0.3, 0.4) is 0 Å². The van der Waals surface area contributed by atoms with Crippen LogP contribution in [0.1, 0.15) is 42.6 Å². The fraction of sp³-hybridized carbons (Fsp3) is 0.722. The molecule has 0 aromatic carbocycles. The zero-order chi connectivity index (χ0) is 16.4. The van der Waals surface area contributed by atoms with Crippen molar-refractivity contribution in [3.63, 3.8) is 0 Å². The molecule has 24 heavy (non-hydrogen) atoms. The highest BCUT2D eigenvalue weighted by Crippen LogP contribution is 2.27. The van der Waals surface area contributed by atoms with Crippen LogP contribution in [0.2, 0.25) is 0 Å². The maximum absolute atomic E-state index is 12.9. The number of rotatable bonds is 2. The van der Waals surface area contributed by atoms with Gasteiger partial charge in [-0.15, -0.1) is 0 Å². The van der Waals surface area contributed by atoms with Gasteiger partial charge in [0.1, 0.15) is 5.69 Å². The number of piperidine rings is 1. The van der Waals surface area contributed by atoms with Crippen molar-refractivity contribution in [2.75, 3.05) is 44.2 Å². The topological polar surface area (TPSA) is 61.4 Å². The molecule has 3 saturated heterocycles. The summed E-state index contributed by atoms with van der Waals surface area (Å²) >= 11 is 0. The molecule has 1 aromatic rings. The molecule has 0 radical (unpaired) electrons. The summed E-state index contributed by atoms with van der Waals surface area (Å²) in [6.45, 7) is 5.92. The van der Waals surface area contributed by atoms with E-state index in [1.807, 2.05) is 4.90 Å². The lowest BCUT2D eigenvalue weighted by atomic mass is 9.92. The Balaban J connectivity index is 1.45. The summed E-state index contributed by atoms with van der Waals surface area (Å²) in [7, 11) is 0. The van der Waals surface area contributed by atoms with Crippen LogP contribution in [-0.2, 0) is 0 Å². The number of carbonyl (C=O) groups excluding carboxylic acids is 1. The lowest BCUT2D eigenvalue weighted by molar-refractivity contribution is 0.0752. The van der Waals surface area contributed by atoms with Crippen molar-refractivity contribution in [2.24, 2.45) is 11.8 Å². The highest BCUT2D eigenvalue weighted by Gasteiger charge is 2.32. The Morgan fingerprint density at radius 3 is 2.46 bits per heavy atom. The molecule has 1 N–H and O–H groups in total. The van der Waals surface area contributed by atoms with E-state index in [-0.39, 0.29) is 5.91 Å². The second-order valence-electron chi connectivity index (χ2n) is 7.34. The molecule has 0 spiro atoms. The molecule has 3 aliphatic rings. The number of nitrogens with one attached hydrogen (secondary N) is 1. The van der Waals surface area contributed by atoms with Crippen molar-refractivity contribution in [2.45, 2.75) is 32.1 Å². The number of likely N-dealkylation sites (tertiary alicyclic amines) is 1. The Bertz CT molecular complexity index is 573. The fourth-order valence-corrected chi connectivity index (χ4v) is 4.30. The van der Waals surface area contributed by atoms with Gasteiger partial charge >= 0.3 is 0 Å². The number of nitrogens with zero attached hydrogens (tertiary/aromatic N) is 4. The van der Waals surface area contributed by atoms with Gasteiger partial charge in [0, 0.05) is 32.4 Å². The first-order valence-corrected chi connectivity index (χ1v) is 9.39. The van der Waals surface area contributed by atoms with E-state index in [4.69, 9.17) is 0 Å². The van der Waals surface area contributed by atoms with Crippen LogP contribution in [0, 0.1) is 11.8 Å². The highest BCUT2D eigenvalue weighted by molar-refractivity contribution is 5.92. The average molecular weight is 329 g/mol. The van der Waals surface area contributed by atoms with Crippen LogP contribution in [0.25, 0.3) is 0 Å². The van der Waals surface area contributed by atoms with Crippen LogP contribution in [0.15, 0.2) is 12.3 Å². The van der Waals surface area contributed by atoms with E-state index in [9.17, 15) is 4.79 Å². The summed E-state index contributed by atoms with van der Waals surface area (Å²) in [6.07, 6.45) is 7.59. The summed E-state index contributed by atoms with van der Waals surface area (Å²) in [5.41, 5.74) is 0.552. The molecule has 6 nitrogen and oxygen atoms in total. The minimum Gasteiger partial charge on any atom is -0.341 e. The first kappa shape index (κ1) is 15.8. The highest BCUT2D eigenvalue weighted by atomic mass is 16.2. The van der Waals surface area contributed by atoms with Gasteiger partial charge in [-0.3, -0.25) is 4.79 Å². The molecule has 130 valence electrons. The summed E-state index contributed by atoms with van der Waals surface area (Å²) < 4.78 is 0. The summed E-state index contributed by atoms with van der Waals surface area (Å²) in [4.78, 5) is 26.1. The van der Waals surface area contributed by atoms with Crippen LogP contribution in [-0.4, -0.2) is 60.0 Å². The summed E-state index contributed by atoms with van der Waals surface area (Å²) in [5, 5.41) is 3.48. The van der Waals surface area contributed by atoms with E-state index in [1.54, 1.807) is 12.3 Å². The third kappa shape index (κ3) is 3.24. The Morgan fingerprint density at radius 2 is 1.75 bits per heavy atom. The monoisotopic (exact) mass is 329 g/mol. The summed E-state index contributed by atoms with van der Waals surface area (Å²) in [6, 6.07) is 1.77. The lowest BCUT2D eigenvalue weighted by Crippen LogP contribution is -2.35. The second-order valence-corrected chi connectivity index (χ2v) is 7.34. The largest absolute Gasteiger partial charge is 0.341 e. The van der Waals surface area contributed by atoms with E-state index in [1.165, 1.54) is 19.3 Å². The first-order chi connectivity index (χ1) is 11.8. The standard InChI is InChI=1S/C18H27N5O/c24-17(22-10-5-14-12-19-13-15(14)6-11-22)16-4-7-20-18(21-16)23-8-2-1-3-9-23/h4,7,14-15,19H,1-3,5-6,8-13H2/t14-,15+. The quantitative estimate of drug-likeness (QED) is 0.892. The number of carbonyl (C=O) groups is 1. The molecular formula is C18H27N5O. The van der Waals surface area contributed by atoms with Crippen LogP contribution < -0.4 is 10.2 Å². The number of hydrogen-bond acceptors (Lipinski definition) is 5. The number of hydrogen-bond donors (Lipinski definition) is 1. The average Bonchev–Trinajstić information content (AvgIpc) is 3.00. The van der Waals surface area contributed by atoms with Crippen molar-refractivity contribution in [3.05, 3.63) is 18.0 Å². The minimum absolute atomic E-state index is 0.0728. The van der Waals surface area contributed by atoms with Crippen molar-refractivity contribution in [1.82, 2.24) is 20.2 Å². The van der Waals surface area contributed by atoms with Crippen molar-refractivity contribution in [3.8, 4) is 0 Å². The first-order valence-electron chi connectivity index (χ1n) is 9.39. The van der Waals surface area contributed by atoms with Gasteiger partial charge in [0.05, 0.1) is 0 Å². The number of anilines is 1. The van der Waals surface area contributed by atoms with Crippen molar-refractivity contribution >= 4 is 11.9 Å². The van der Waals surface area contributed by atoms with Gasteiger partial charge in [-0.25, -0.2) is 9.97 Å². The van der Waals surface area contributed by atoms with Crippen LogP contribution in [0.4, 0.5) is 5.95 Å². The third-order valence-electron chi connectivity index (χ3n) is 5.81. The van der Waals surface area contributed by atoms with Gasteiger partial charge in [-0.1, -0.05) is 0 Å². The van der Waals surface area contributed by atoms with Crippen LogP contribution >= 0.6 is 0 Å². The molecular weight excluding hydrogens is 302 g/mol. The number of fused-ring (bicyclic) bond motifs is 1. The second kappa shape index (κ2) is 7.05. The molecule has 0 aliphatic carbocycles. The Hall–Kier alpha value is -1.69. The smallest absolute Gasteiger partial charge is 0.272 e. The zero-order valence-electron chi connectivity index (χ0n) is 14.3. The minimum atomic E-state index is 0.0728. The molecule has 3 aliphatic heterocycles. The van der Waals surface area contributed by atoms with E-state index in [0.29, 0.717) is 5.69 Å². The predicted molar refractivity (Wildman–Crippen MR) is 93.1 cm³/mol. The lowest BCUT2D eigenvalue weighted by Gasteiger charge is -2.27. The van der Waals surface area contributed by atoms with E-state index in [2.05, 4.69) is 20.2 Å². The maximum Gasteiger partial charge on any atom is 0.272 e. The Morgan fingerprint density at radius 1 is 1.04 bits per heavy atom. The molecule has 0 saturated carbocycles. The number of aromatic nitrogens is 2. The van der Waals surface area contributed by atoms with E-state index >= 15 is 0 Å². The SMILES string of the molecule is O=C(c1ccnc(N2CCCCC2)n1)N1CC[C@@H]2CNC[C@@H]2CC1. The predicted octanol–water partition coefficient (Wildman–Crippen LogP) is 1.54. The van der Waals surface area contributed by atoms with Gasteiger partial charge in [0.2, 0.25) is 5.95 Å². The fourth-order valence-electron chi connectivity index (χ4n) is 4.30. The van der Waals surface area contributed by atoms with Gasteiger partial charge in [-0.2, -0.15) is 0 Å². The van der Waals surface area contributed by atoms with Gasteiger partial charge in [-0.05, 0) is 63.1 Å². The zero-order valence-corrected chi connectivity index (χ0v) is 14.3. The molecule has 4 heterocycles. The van der Waals surface area contributed by atoms with E-state index < -0.39 is 0 Å². The van der Waals surface area contributed by atoms with Gasteiger partial charge in [0.25, 0.3) is 5.91 Å². The Labute approximate surface area is 143 Å². The number of amides is 1. The summed E-state index contributed by atoms with van der Waals surface area (Å²) in [5.74, 6) is 2.26. The Kier molecular flexibility index (Phi) is 4.65.